The van der Waals surface area contributed by atoms with Gasteiger partial charge in [-0.1, -0.05) is 25.6 Å². The second-order valence-corrected chi connectivity index (χ2v) is 6.60. The first-order valence-electron chi connectivity index (χ1n) is 7.55. The number of ether oxygens (including phenoxy) is 1. The summed E-state index contributed by atoms with van der Waals surface area (Å²) in [5, 5.41) is 16.7. The molecule has 6 nitrogen and oxygen atoms in total. The van der Waals surface area contributed by atoms with Crippen LogP contribution in [0.4, 0.5) is 0 Å². The van der Waals surface area contributed by atoms with E-state index in [4.69, 9.17) is 9.84 Å². The first kappa shape index (κ1) is 17.3. The Balaban J connectivity index is 1.65. The summed E-state index contributed by atoms with van der Waals surface area (Å²) in [5.74, 6) is 2.10. The van der Waals surface area contributed by atoms with Crippen LogP contribution in [0.2, 0.25) is 0 Å². The number of nitrogens with one attached hydrogen (secondary N) is 1. The summed E-state index contributed by atoms with van der Waals surface area (Å²) in [5.41, 5.74) is 0.259. The highest BCUT2D eigenvalue weighted by molar-refractivity contribution is 7.99. The topological polar surface area (TPSA) is 88.1 Å². The molecule has 0 bridgehead atoms. The fourth-order valence-corrected chi connectivity index (χ4v) is 2.66. The van der Waals surface area contributed by atoms with Gasteiger partial charge in [-0.3, -0.25) is 5.10 Å². The van der Waals surface area contributed by atoms with Crippen LogP contribution in [0.5, 0.6) is 5.75 Å². The van der Waals surface area contributed by atoms with Crippen molar-refractivity contribution in [2.24, 2.45) is 5.92 Å². The Morgan fingerprint density at radius 2 is 2.09 bits per heavy atom. The van der Waals surface area contributed by atoms with Crippen LogP contribution < -0.4 is 4.74 Å². The van der Waals surface area contributed by atoms with E-state index in [1.165, 1.54) is 12.1 Å². The van der Waals surface area contributed by atoms with Crippen LogP contribution in [-0.2, 0) is 6.42 Å². The van der Waals surface area contributed by atoms with Crippen molar-refractivity contribution in [2.45, 2.75) is 31.8 Å². The molecule has 1 heterocycles. The average molecular weight is 335 g/mol. The third kappa shape index (κ3) is 5.94. The van der Waals surface area contributed by atoms with E-state index in [0.29, 0.717) is 18.3 Å². The lowest BCUT2D eigenvalue weighted by molar-refractivity contribution is 0.0697. The number of thioether (sulfide) groups is 1. The predicted octanol–water partition coefficient (Wildman–Crippen LogP) is 3.26. The van der Waals surface area contributed by atoms with Crippen molar-refractivity contribution in [3.63, 3.8) is 0 Å². The van der Waals surface area contributed by atoms with Crippen LogP contribution in [0.25, 0.3) is 0 Å². The number of carbonyl (C=O) groups is 1. The summed E-state index contributed by atoms with van der Waals surface area (Å²) >= 11 is 1.60. The van der Waals surface area contributed by atoms with Gasteiger partial charge in [-0.25, -0.2) is 9.78 Å². The number of aromatic nitrogens is 3. The van der Waals surface area contributed by atoms with E-state index in [-0.39, 0.29) is 5.56 Å². The Morgan fingerprint density at radius 3 is 2.74 bits per heavy atom. The molecule has 23 heavy (non-hydrogen) atoms. The summed E-state index contributed by atoms with van der Waals surface area (Å²) in [4.78, 5) is 15.2. The van der Waals surface area contributed by atoms with Crippen LogP contribution in [0.1, 0.15) is 36.5 Å². The SMILES string of the molecule is CC(C)Cc1nc(SCCCOc2ccc(C(=O)O)cc2)n[nH]1. The lowest BCUT2D eigenvalue weighted by Gasteiger charge is -2.05. The molecule has 7 heteroatoms. The van der Waals surface area contributed by atoms with Gasteiger partial charge in [0.25, 0.3) is 0 Å². The molecule has 0 spiro atoms. The highest BCUT2D eigenvalue weighted by Gasteiger charge is 2.06. The van der Waals surface area contributed by atoms with Gasteiger partial charge in [-0.05, 0) is 36.6 Å². The monoisotopic (exact) mass is 335 g/mol. The molecule has 0 amide bonds. The van der Waals surface area contributed by atoms with Crippen molar-refractivity contribution < 1.29 is 14.6 Å². The van der Waals surface area contributed by atoms with Crippen LogP contribution >= 0.6 is 11.8 Å². The standard InChI is InChI=1S/C16H21N3O3S/c1-11(2)10-14-17-16(19-18-14)23-9-3-8-22-13-6-4-12(5-7-13)15(20)21/h4-7,11H,3,8-10H2,1-2H3,(H,20,21)(H,17,18,19). The Bertz CT molecular complexity index is 626. The summed E-state index contributed by atoms with van der Waals surface area (Å²) in [7, 11) is 0. The van der Waals surface area contributed by atoms with Crippen molar-refractivity contribution in [3.05, 3.63) is 35.7 Å². The zero-order valence-electron chi connectivity index (χ0n) is 13.3. The molecule has 0 atom stereocenters. The molecule has 0 aliphatic heterocycles. The number of aromatic amines is 1. The lowest BCUT2D eigenvalue weighted by atomic mass is 10.1. The molecule has 0 aliphatic rings. The number of hydrogen-bond acceptors (Lipinski definition) is 5. The minimum Gasteiger partial charge on any atom is -0.494 e. The predicted molar refractivity (Wildman–Crippen MR) is 89.2 cm³/mol. The van der Waals surface area contributed by atoms with Gasteiger partial charge >= 0.3 is 5.97 Å². The Kier molecular flexibility index (Phi) is 6.46. The van der Waals surface area contributed by atoms with Gasteiger partial charge in [-0.15, -0.1) is 5.10 Å². The molecule has 0 saturated carbocycles. The minimum absolute atomic E-state index is 0.259. The number of nitrogens with zero attached hydrogens (tertiary/aromatic N) is 2. The van der Waals surface area contributed by atoms with E-state index in [0.717, 1.165) is 29.6 Å². The van der Waals surface area contributed by atoms with Crippen molar-refractivity contribution in [1.82, 2.24) is 15.2 Å². The van der Waals surface area contributed by atoms with Gasteiger partial charge in [0.2, 0.25) is 5.16 Å². The highest BCUT2D eigenvalue weighted by atomic mass is 32.2. The van der Waals surface area contributed by atoms with Crippen LogP contribution in [-0.4, -0.2) is 38.6 Å². The van der Waals surface area contributed by atoms with Crippen LogP contribution in [0.15, 0.2) is 29.4 Å². The van der Waals surface area contributed by atoms with Gasteiger partial charge < -0.3 is 9.84 Å². The number of carboxylic acids is 1. The zero-order chi connectivity index (χ0) is 16.7. The normalized spacial score (nSPS) is 10.9. The van der Waals surface area contributed by atoms with Crippen LogP contribution in [0.3, 0.4) is 0 Å². The second-order valence-electron chi connectivity index (χ2n) is 5.54. The maximum atomic E-state index is 10.7. The number of hydrogen-bond donors (Lipinski definition) is 2. The fourth-order valence-electron chi connectivity index (χ4n) is 1.93. The Morgan fingerprint density at radius 1 is 1.35 bits per heavy atom. The summed E-state index contributed by atoms with van der Waals surface area (Å²) in [6.45, 7) is 4.87. The van der Waals surface area contributed by atoms with Crippen molar-refractivity contribution in [2.75, 3.05) is 12.4 Å². The van der Waals surface area contributed by atoms with E-state index in [9.17, 15) is 4.79 Å². The first-order valence-corrected chi connectivity index (χ1v) is 8.53. The molecule has 1 aromatic carbocycles. The summed E-state index contributed by atoms with van der Waals surface area (Å²) < 4.78 is 5.58. The molecule has 2 N–H and O–H groups in total. The fraction of sp³-hybridized carbons (Fsp3) is 0.438. The van der Waals surface area contributed by atoms with Gasteiger partial charge in [0, 0.05) is 12.2 Å². The highest BCUT2D eigenvalue weighted by Crippen LogP contribution is 2.16. The molecular weight excluding hydrogens is 314 g/mol. The van der Waals surface area contributed by atoms with Crippen molar-refractivity contribution in [1.29, 1.82) is 0 Å². The maximum absolute atomic E-state index is 10.7. The largest absolute Gasteiger partial charge is 0.494 e. The number of carboxylic acid groups (broad SMARTS) is 1. The quantitative estimate of drug-likeness (QED) is 0.540. The average Bonchev–Trinajstić information content (AvgIpc) is 2.94. The van der Waals surface area contributed by atoms with E-state index in [1.54, 1.807) is 23.9 Å². The van der Waals surface area contributed by atoms with E-state index in [2.05, 4.69) is 29.0 Å². The first-order chi connectivity index (χ1) is 11.0. The van der Waals surface area contributed by atoms with E-state index >= 15 is 0 Å². The molecule has 2 aromatic rings. The molecule has 0 saturated heterocycles. The smallest absolute Gasteiger partial charge is 0.335 e. The van der Waals surface area contributed by atoms with Crippen molar-refractivity contribution in [3.8, 4) is 5.75 Å². The van der Waals surface area contributed by atoms with E-state index < -0.39 is 5.97 Å². The third-order valence-corrected chi connectivity index (χ3v) is 3.94. The molecule has 1 aromatic heterocycles. The third-order valence-electron chi connectivity index (χ3n) is 3.00. The molecule has 0 fully saturated rings. The molecular formula is C16H21N3O3S. The summed E-state index contributed by atoms with van der Waals surface area (Å²) in [6, 6.07) is 6.42. The second kappa shape index (κ2) is 8.57. The van der Waals surface area contributed by atoms with Crippen molar-refractivity contribution >= 4 is 17.7 Å². The van der Waals surface area contributed by atoms with Crippen LogP contribution in [0, 0.1) is 5.92 Å². The molecule has 124 valence electrons. The Labute approximate surface area is 139 Å². The Hall–Kier alpha value is -2.02. The lowest BCUT2D eigenvalue weighted by Crippen LogP contribution is -2.00. The van der Waals surface area contributed by atoms with Gasteiger partial charge in [-0.2, -0.15) is 0 Å². The molecule has 0 radical (unpaired) electrons. The maximum Gasteiger partial charge on any atom is 0.335 e. The molecule has 0 unspecified atom stereocenters. The number of benzene rings is 1. The number of rotatable bonds is 9. The van der Waals surface area contributed by atoms with Gasteiger partial charge in [0.15, 0.2) is 0 Å². The molecule has 2 rings (SSSR count). The minimum atomic E-state index is -0.934. The van der Waals surface area contributed by atoms with Gasteiger partial charge in [0.1, 0.15) is 11.6 Å². The zero-order valence-corrected chi connectivity index (χ0v) is 14.1. The van der Waals surface area contributed by atoms with E-state index in [1.807, 2.05) is 0 Å². The number of H-pyrrole nitrogens is 1. The number of aromatic carboxylic acids is 1. The molecule has 0 aliphatic carbocycles. The van der Waals surface area contributed by atoms with Gasteiger partial charge in [0.05, 0.1) is 12.2 Å². The summed E-state index contributed by atoms with van der Waals surface area (Å²) in [6.07, 6.45) is 1.77.